The molecule has 11 heteroatoms. The number of nitrogens with zero attached hydrogens (tertiary/aromatic N) is 2. The monoisotopic (exact) mass is 481 g/mol. The number of anilines is 2. The number of rotatable bonds is 7. The van der Waals surface area contributed by atoms with E-state index < -0.39 is 25.1 Å². The Balaban J connectivity index is 1.34. The highest BCUT2D eigenvalue weighted by molar-refractivity contribution is 5.99. The van der Waals surface area contributed by atoms with E-state index in [1.54, 1.807) is 34.7 Å². The lowest BCUT2D eigenvalue weighted by atomic mass is 9.91. The summed E-state index contributed by atoms with van der Waals surface area (Å²) in [4.78, 5) is 16.6. The van der Waals surface area contributed by atoms with Gasteiger partial charge in [-0.2, -0.15) is 13.2 Å². The average molecular weight is 481 g/mol. The standard InChI is InChI=1S/C23H24F5N5O/c24-21(25)18-12-33-19(6-3-7-20(33)32-18)30-14-8-10-15(11-9-14)31-22(34)16-4-1-2-5-17(16)29-13-23(26,27)28/h1-7,12,14-15,21,29-30H,8-11,13H2,(H,31,34). The number of imidazole rings is 1. The molecule has 0 radical (unpaired) electrons. The molecule has 1 saturated carbocycles. The van der Waals surface area contributed by atoms with E-state index in [2.05, 4.69) is 20.9 Å². The molecule has 1 aliphatic carbocycles. The number of para-hydroxylation sites is 1. The molecular weight excluding hydrogens is 457 g/mol. The van der Waals surface area contributed by atoms with Crippen molar-refractivity contribution in [3.05, 3.63) is 59.9 Å². The largest absolute Gasteiger partial charge is 0.405 e. The number of hydrogen-bond acceptors (Lipinski definition) is 4. The third-order valence-corrected chi connectivity index (χ3v) is 5.80. The van der Waals surface area contributed by atoms with Crippen LogP contribution in [0.4, 0.5) is 33.5 Å². The van der Waals surface area contributed by atoms with Crippen LogP contribution in [0.5, 0.6) is 0 Å². The van der Waals surface area contributed by atoms with E-state index in [0.717, 1.165) is 12.8 Å². The van der Waals surface area contributed by atoms with Gasteiger partial charge in [-0.25, -0.2) is 13.8 Å². The maximum atomic E-state index is 13.0. The Bertz CT molecular complexity index is 1140. The first-order chi connectivity index (χ1) is 16.2. The number of fused-ring (bicyclic) bond motifs is 1. The van der Waals surface area contributed by atoms with Crippen LogP contribution in [0.25, 0.3) is 5.65 Å². The summed E-state index contributed by atoms with van der Waals surface area (Å²) in [5.74, 6) is 0.235. The average Bonchev–Trinajstić information content (AvgIpc) is 3.25. The molecule has 2 aromatic heterocycles. The van der Waals surface area contributed by atoms with E-state index >= 15 is 0 Å². The minimum atomic E-state index is -4.39. The molecule has 0 aliphatic heterocycles. The number of carbonyl (C=O) groups is 1. The predicted molar refractivity (Wildman–Crippen MR) is 118 cm³/mol. The van der Waals surface area contributed by atoms with E-state index in [9.17, 15) is 26.7 Å². The van der Waals surface area contributed by atoms with Gasteiger partial charge in [-0.05, 0) is 49.9 Å². The molecule has 0 unspecified atom stereocenters. The van der Waals surface area contributed by atoms with E-state index in [4.69, 9.17) is 0 Å². The molecule has 6 nitrogen and oxygen atoms in total. The summed E-state index contributed by atoms with van der Waals surface area (Å²) in [6, 6.07) is 11.3. The van der Waals surface area contributed by atoms with Gasteiger partial charge in [-0.1, -0.05) is 18.2 Å². The molecular formula is C23H24F5N5O. The first-order valence-electron chi connectivity index (χ1n) is 10.9. The molecule has 1 aromatic carbocycles. The number of carbonyl (C=O) groups excluding carboxylic acids is 1. The zero-order valence-electron chi connectivity index (χ0n) is 18.1. The Morgan fingerprint density at radius 1 is 1.03 bits per heavy atom. The zero-order valence-corrected chi connectivity index (χ0v) is 18.1. The van der Waals surface area contributed by atoms with Gasteiger partial charge in [0, 0.05) is 24.0 Å². The third-order valence-electron chi connectivity index (χ3n) is 5.80. The Morgan fingerprint density at radius 3 is 2.44 bits per heavy atom. The summed E-state index contributed by atoms with van der Waals surface area (Å²) in [7, 11) is 0. The summed E-state index contributed by atoms with van der Waals surface area (Å²) in [5.41, 5.74) is 0.433. The van der Waals surface area contributed by atoms with Crippen LogP contribution in [-0.4, -0.2) is 40.1 Å². The van der Waals surface area contributed by atoms with Gasteiger partial charge < -0.3 is 16.0 Å². The zero-order chi connectivity index (χ0) is 24.3. The molecule has 1 fully saturated rings. The van der Waals surface area contributed by atoms with Crippen LogP contribution in [0.1, 0.15) is 48.2 Å². The number of halogens is 5. The number of nitrogens with one attached hydrogen (secondary N) is 3. The van der Waals surface area contributed by atoms with Crippen LogP contribution < -0.4 is 16.0 Å². The lowest BCUT2D eigenvalue weighted by Gasteiger charge is -2.30. The lowest BCUT2D eigenvalue weighted by molar-refractivity contribution is -0.115. The van der Waals surface area contributed by atoms with E-state index in [-0.39, 0.29) is 29.0 Å². The Kier molecular flexibility index (Phi) is 6.90. The SMILES string of the molecule is O=C(NC1CCC(Nc2cccc3nc(C(F)F)cn23)CC1)c1ccccc1NCC(F)(F)F. The number of pyridine rings is 1. The van der Waals surface area contributed by atoms with Crippen molar-refractivity contribution >= 4 is 23.1 Å². The summed E-state index contributed by atoms with van der Waals surface area (Å²) >= 11 is 0. The molecule has 3 aromatic rings. The fourth-order valence-corrected chi connectivity index (χ4v) is 4.14. The molecule has 4 rings (SSSR count). The van der Waals surface area contributed by atoms with E-state index in [1.807, 2.05) is 0 Å². The third kappa shape index (κ3) is 5.75. The first kappa shape index (κ1) is 23.8. The van der Waals surface area contributed by atoms with Gasteiger partial charge in [0.1, 0.15) is 23.7 Å². The van der Waals surface area contributed by atoms with E-state index in [1.165, 1.54) is 18.3 Å². The molecule has 0 atom stereocenters. The number of aromatic nitrogens is 2. The van der Waals surface area contributed by atoms with Crippen LogP contribution in [-0.2, 0) is 0 Å². The molecule has 34 heavy (non-hydrogen) atoms. The van der Waals surface area contributed by atoms with Crippen molar-refractivity contribution in [2.75, 3.05) is 17.2 Å². The summed E-state index contributed by atoms with van der Waals surface area (Å²) < 4.78 is 65.3. The highest BCUT2D eigenvalue weighted by atomic mass is 19.4. The number of benzene rings is 1. The molecule has 2 heterocycles. The maximum absolute atomic E-state index is 13.0. The highest BCUT2D eigenvalue weighted by Crippen LogP contribution is 2.26. The van der Waals surface area contributed by atoms with Crippen LogP contribution >= 0.6 is 0 Å². The van der Waals surface area contributed by atoms with Gasteiger partial charge >= 0.3 is 6.18 Å². The van der Waals surface area contributed by atoms with Crippen LogP contribution in [0.15, 0.2) is 48.7 Å². The maximum Gasteiger partial charge on any atom is 0.405 e. The van der Waals surface area contributed by atoms with Crippen molar-refractivity contribution in [3.63, 3.8) is 0 Å². The van der Waals surface area contributed by atoms with Gasteiger partial charge in [0.25, 0.3) is 12.3 Å². The second-order valence-electron chi connectivity index (χ2n) is 8.29. The number of hydrogen-bond donors (Lipinski definition) is 3. The van der Waals surface area contributed by atoms with Gasteiger partial charge in [0.2, 0.25) is 0 Å². The number of amides is 1. The minimum Gasteiger partial charge on any atom is -0.376 e. The quantitative estimate of drug-likeness (QED) is 0.396. The van der Waals surface area contributed by atoms with Crippen molar-refractivity contribution < 1.29 is 26.7 Å². The van der Waals surface area contributed by atoms with Crippen LogP contribution in [0, 0.1) is 0 Å². The predicted octanol–water partition coefficient (Wildman–Crippen LogP) is 5.40. The summed E-state index contributed by atoms with van der Waals surface area (Å²) in [6.07, 6.45) is -2.93. The second-order valence-corrected chi connectivity index (χ2v) is 8.29. The molecule has 182 valence electrons. The van der Waals surface area contributed by atoms with Crippen LogP contribution in [0.2, 0.25) is 0 Å². The van der Waals surface area contributed by atoms with E-state index in [0.29, 0.717) is 24.3 Å². The fourth-order valence-electron chi connectivity index (χ4n) is 4.14. The van der Waals surface area contributed by atoms with Gasteiger partial charge in [0.15, 0.2) is 0 Å². The fraction of sp³-hybridized carbons (Fsp3) is 0.391. The first-order valence-corrected chi connectivity index (χ1v) is 10.9. The molecule has 1 amide bonds. The van der Waals surface area contributed by atoms with Crippen molar-refractivity contribution in [1.29, 1.82) is 0 Å². The topological polar surface area (TPSA) is 70.5 Å². The second kappa shape index (κ2) is 9.86. The molecule has 0 bridgehead atoms. The lowest BCUT2D eigenvalue weighted by Crippen LogP contribution is -2.40. The Labute approximate surface area is 192 Å². The highest BCUT2D eigenvalue weighted by Gasteiger charge is 2.28. The Morgan fingerprint density at radius 2 is 1.74 bits per heavy atom. The molecule has 3 N–H and O–H groups in total. The van der Waals surface area contributed by atoms with Crippen molar-refractivity contribution in [3.8, 4) is 0 Å². The van der Waals surface area contributed by atoms with Crippen molar-refractivity contribution in [2.45, 2.75) is 50.4 Å². The Hall–Kier alpha value is -3.37. The van der Waals surface area contributed by atoms with Crippen molar-refractivity contribution in [2.24, 2.45) is 0 Å². The molecule has 0 saturated heterocycles. The van der Waals surface area contributed by atoms with Crippen molar-refractivity contribution in [1.82, 2.24) is 14.7 Å². The molecule has 0 spiro atoms. The molecule has 1 aliphatic rings. The normalized spacial score (nSPS) is 18.8. The van der Waals surface area contributed by atoms with Gasteiger partial charge in [-0.3, -0.25) is 9.20 Å². The van der Waals surface area contributed by atoms with Gasteiger partial charge in [-0.15, -0.1) is 0 Å². The minimum absolute atomic E-state index is 0.0805. The summed E-state index contributed by atoms with van der Waals surface area (Å²) in [5, 5.41) is 8.57. The number of alkyl halides is 5. The smallest absolute Gasteiger partial charge is 0.376 e. The van der Waals surface area contributed by atoms with Gasteiger partial charge in [0.05, 0.1) is 5.56 Å². The summed E-state index contributed by atoms with van der Waals surface area (Å²) in [6.45, 7) is -1.23. The van der Waals surface area contributed by atoms with Crippen LogP contribution in [0.3, 0.4) is 0 Å².